The number of para-hydroxylation sites is 2. The highest BCUT2D eigenvalue weighted by molar-refractivity contribution is 5.94. The number of phenols is 1. The molecule has 1 aliphatic heterocycles. The Balaban J connectivity index is 1.41. The molecule has 0 spiro atoms. The van der Waals surface area contributed by atoms with Crippen molar-refractivity contribution in [2.24, 2.45) is 0 Å². The number of phenolic OH excluding ortho intramolecular Hbond substituents is 1. The number of carbonyl (C=O) groups is 1. The minimum absolute atomic E-state index is 0.0781. The van der Waals surface area contributed by atoms with Crippen LogP contribution in [-0.2, 0) is 11.3 Å². The summed E-state index contributed by atoms with van der Waals surface area (Å²) in [6.07, 6.45) is 4.36. The Hall–Kier alpha value is -3.58. The molecule has 2 heterocycles. The van der Waals surface area contributed by atoms with E-state index >= 15 is 0 Å². The molecule has 1 saturated heterocycles. The van der Waals surface area contributed by atoms with Crippen molar-refractivity contribution in [3.63, 3.8) is 0 Å². The third-order valence-corrected chi connectivity index (χ3v) is 5.56. The van der Waals surface area contributed by atoms with Gasteiger partial charge in [0.25, 0.3) is 0 Å². The van der Waals surface area contributed by atoms with Crippen LogP contribution in [0.3, 0.4) is 0 Å². The molecule has 7 nitrogen and oxygen atoms in total. The van der Waals surface area contributed by atoms with E-state index in [0.717, 1.165) is 31.4 Å². The zero-order valence-corrected chi connectivity index (χ0v) is 18.0. The summed E-state index contributed by atoms with van der Waals surface area (Å²) in [5, 5.41) is 13.4. The van der Waals surface area contributed by atoms with Crippen molar-refractivity contribution >= 4 is 11.6 Å². The van der Waals surface area contributed by atoms with Crippen LogP contribution in [0.5, 0.6) is 23.1 Å². The normalized spacial score (nSPS) is 16.3. The van der Waals surface area contributed by atoms with Gasteiger partial charge in [-0.1, -0.05) is 36.8 Å². The summed E-state index contributed by atoms with van der Waals surface area (Å²) in [6, 6.07) is 18.1. The predicted octanol–water partition coefficient (Wildman–Crippen LogP) is 4.58. The topological polar surface area (TPSA) is 83.9 Å². The average molecular weight is 434 g/mol. The van der Waals surface area contributed by atoms with Crippen LogP contribution >= 0.6 is 0 Å². The van der Waals surface area contributed by atoms with Crippen LogP contribution in [0.2, 0.25) is 0 Å². The molecule has 4 rings (SSSR count). The fourth-order valence-electron chi connectivity index (χ4n) is 3.91. The van der Waals surface area contributed by atoms with Gasteiger partial charge in [0.2, 0.25) is 11.8 Å². The lowest BCUT2D eigenvalue weighted by atomic mass is 10.00. The SMILES string of the molecule is COc1cccc(CN2CCCCC2C(=O)Nc2ccc(Oc3ccccc3)nc2)c1O. The minimum Gasteiger partial charge on any atom is -0.504 e. The quantitative estimate of drug-likeness (QED) is 0.567. The standard InChI is InChI=1S/C25H27N3O4/c1-31-22-12-7-8-18(24(22)29)17-28-15-6-5-11-21(28)25(30)27-19-13-14-23(26-16-19)32-20-9-3-2-4-10-20/h2-4,7-10,12-14,16,21,29H,5-6,11,15,17H2,1H3,(H,27,30). The van der Waals surface area contributed by atoms with Crippen molar-refractivity contribution in [2.75, 3.05) is 19.0 Å². The Morgan fingerprint density at radius 2 is 1.97 bits per heavy atom. The summed E-state index contributed by atoms with van der Waals surface area (Å²) in [5.41, 5.74) is 1.36. The maximum Gasteiger partial charge on any atom is 0.241 e. The number of nitrogens with zero attached hydrogens (tertiary/aromatic N) is 2. The summed E-state index contributed by atoms with van der Waals surface area (Å²) in [7, 11) is 1.53. The number of rotatable bonds is 7. The largest absolute Gasteiger partial charge is 0.504 e. The van der Waals surface area contributed by atoms with E-state index in [9.17, 15) is 9.90 Å². The summed E-state index contributed by atoms with van der Waals surface area (Å²) in [5.74, 6) is 1.64. The van der Waals surface area contributed by atoms with Crippen molar-refractivity contribution in [3.05, 3.63) is 72.4 Å². The Morgan fingerprint density at radius 1 is 1.12 bits per heavy atom. The Labute approximate surface area is 187 Å². The van der Waals surface area contributed by atoms with Gasteiger partial charge in [-0.3, -0.25) is 9.69 Å². The lowest BCUT2D eigenvalue weighted by Crippen LogP contribution is -2.46. The second kappa shape index (κ2) is 10.2. The molecule has 0 bridgehead atoms. The zero-order chi connectivity index (χ0) is 22.3. The number of hydrogen-bond acceptors (Lipinski definition) is 6. The highest BCUT2D eigenvalue weighted by atomic mass is 16.5. The molecule has 1 aromatic heterocycles. The number of methoxy groups -OCH3 is 1. The fraction of sp³-hybridized carbons (Fsp3) is 0.280. The zero-order valence-electron chi connectivity index (χ0n) is 18.0. The molecule has 0 radical (unpaired) electrons. The highest BCUT2D eigenvalue weighted by Gasteiger charge is 2.29. The maximum atomic E-state index is 13.1. The van der Waals surface area contributed by atoms with Gasteiger partial charge in [0.15, 0.2) is 11.5 Å². The first-order valence-electron chi connectivity index (χ1n) is 10.7. The van der Waals surface area contributed by atoms with Crippen LogP contribution in [0.4, 0.5) is 5.69 Å². The molecule has 2 aromatic carbocycles. The molecule has 1 fully saturated rings. The van der Waals surface area contributed by atoms with E-state index in [1.807, 2.05) is 42.5 Å². The fourth-order valence-corrected chi connectivity index (χ4v) is 3.91. The van der Waals surface area contributed by atoms with Crippen LogP contribution in [0.1, 0.15) is 24.8 Å². The molecule has 1 atom stereocenters. The van der Waals surface area contributed by atoms with Crippen molar-refractivity contribution in [3.8, 4) is 23.1 Å². The first-order chi connectivity index (χ1) is 15.6. The number of likely N-dealkylation sites (tertiary alicyclic amines) is 1. The first-order valence-corrected chi connectivity index (χ1v) is 10.7. The number of amides is 1. The van der Waals surface area contributed by atoms with E-state index in [2.05, 4.69) is 15.2 Å². The van der Waals surface area contributed by atoms with Crippen LogP contribution in [-0.4, -0.2) is 40.6 Å². The number of nitrogens with one attached hydrogen (secondary N) is 1. The monoisotopic (exact) mass is 433 g/mol. The minimum atomic E-state index is -0.283. The highest BCUT2D eigenvalue weighted by Crippen LogP contribution is 2.32. The smallest absolute Gasteiger partial charge is 0.241 e. The van der Waals surface area contributed by atoms with Gasteiger partial charge in [-0.2, -0.15) is 0 Å². The van der Waals surface area contributed by atoms with Crippen molar-refractivity contribution in [1.82, 2.24) is 9.88 Å². The lowest BCUT2D eigenvalue weighted by Gasteiger charge is -2.34. The molecule has 3 aromatic rings. The van der Waals surface area contributed by atoms with Gasteiger partial charge in [0.1, 0.15) is 5.75 Å². The number of anilines is 1. The van der Waals surface area contributed by atoms with E-state index in [-0.39, 0.29) is 17.7 Å². The number of pyridine rings is 1. The van der Waals surface area contributed by atoms with Gasteiger partial charge in [0, 0.05) is 18.2 Å². The van der Waals surface area contributed by atoms with Crippen LogP contribution in [0, 0.1) is 0 Å². The van der Waals surface area contributed by atoms with Gasteiger partial charge < -0.3 is 19.9 Å². The number of aromatic nitrogens is 1. The molecule has 166 valence electrons. The van der Waals surface area contributed by atoms with E-state index in [4.69, 9.17) is 9.47 Å². The number of aromatic hydroxyl groups is 1. The number of ether oxygens (including phenoxy) is 2. The summed E-state index contributed by atoms with van der Waals surface area (Å²) in [6.45, 7) is 1.26. The molecule has 1 aliphatic rings. The molecule has 32 heavy (non-hydrogen) atoms. The summed E-state index contributed by atoms with van der Waals surface area (Å²) in [4.78, 5) is 19.5. The number of hydrogen-bond donors (Lipinski definition) is 2. The van der Waals surface area contributed by atoms with Gasteiger partial charge in [-0.05, 0) is 43.7 Å². The summed E-state index contributed by atoms with van der Waals surface area (Å²) < 4.78 is 10.9. The molecular weight excluding hydrogens is 406 g/mol. The third-order valence-electron chi connectivity index (χ3n) is 5.56. The Morgan fingerprint density at radius 3 is 2.72 bits per heavy atom. The molecule has 0 aliphatic carbocycles. The second-order valence-corrected chi connectivity index (χ2v) is 7.74. The molecular formula is C25H27N3O4. The molecule has 1 amide bonds. The molecule has 0 saturated carbocycles. The van der Waals surface area contributed by atoms with Gasteiger partial charge in [0.05, 0.1) is 25.0 Å². The van der Waals surface area contributed by atoms with E-state index < -0.39 is 0 Å². The van der Waals surface area contributed by atoms with Crippen LogP contribution in [0.25, 0.3) is 0 Å². The molecule has 2 N–H and O–H groups in total. The van der Waals surface area contributed by atoms with Crippen LogP contribution in [0.15, 0.2) is 66.9 Å². The van der Waals surface area contributed by atoms with Crippen LogP contribution < -0.4 is 14.8 Å². The lowest BCUT2D eigenvalue weighted by molar-refractivity contribution is -0.122. The number of benzene rings is 2. The van der Waals surface area contributed by atoms with Crippen molar-refractivity contribution in [1.29, 1.82) is 0 Å². The molecule has 1 unspecified atom stereocenters. The van der Waals surface area contributed by atoms with E-state index in [1.54, 1.807) is 24.4 Å². The summed E-state index contributed by atoms with van der Waals surface area (Å²) >= 11 is 0. The predicted molar refractivity (Wildman–Crippen MR) is 122 cm³/mol. The number of piperidine rings is 1. The van der Waals surface area contributed by atoms with E-state index in [0.29, 0.717) is 29.6 Å². The Kier molecular flexibility index (Phi) is 6.87. The third kappa shape index (κ3) is 5.18. The second-order valence-electron chi connectivity index (χ2n) is 7.74. The number of carbonyl (C=O) groups excluding carboxylic acids is 1. The van der Waals surface area contributed by atoms with Gasteiger partial charge in [-0.15, -0.1) is 0 Å². The molecule has 7 heteroatoms. The van der Waals surface area contributed by atoms with Gasteiger partial charge in [-0.25, -0.2) is 4.98 Å². The Bertz CT molecular complexity index is 1040. The average Bonchev–Trinajstić information content (AvgIpc) is 2.83. The van der Waals surface area contributed by atoms with Crippen molar-refractivity contribution in [2.45, 2.75) is 31.8 Å². The van der Waals surface area contributed by atoms with Crippen molar-refractivity contribution < 1.29 is 19.4 Å². The maximum absolute atomic E-state index is 13.1. The van der Waals surface area contributed by atoms with E-state index in [1.165, 1.54) is 7.11 Å². The van der Waals surface area contributed by atoms with Gasteiger partial charge >= 0.3 is 0 Å². The first kappa shape index (κ1) is 21.6.